The van der Waals surface area contributed by atoms with Crippen LogP contribution in [-0.4, -0.2) is 29.6 Å². The summed E-state index contributed by atoms with van der Waals surface area (Å²) in [5, 5.41) is 2.22. The Kier molecular flexibility index (Phi) is 4.20. The molecule has 4 heteroatoms. The van der Waals surface area contributed by atoms with Crippen LogP contribution < -0.4 is 11.2 Å². The molecule has 14 heavy (non-hydrogen) atoms. The molecule has 0 aromatic heterocycles. The zero-order chi connectivity index (χ0) is 10.6. The summed E-state index contributed by atoms with van der Waals surface area (Å²) < 4.78 is 0. The number of nitrogens with two attached hydrogens (primary N) is 1. The molecule has 1 aliphatic rings. The average Bonchev–Trinajstić information content (AvgIpc) is 2.12. The Morgan fingerprint density at radius 3 is 2.50 bits per heavy atom. The van der Waals surface area contributed by atoms with Crippen LogP contribution in [0.4, 0.5) is 0 Å². The molecule has 0 saturated carbocycles. The summed E-state index contributed by atoms with van der Waals surface area (Å²) in [6, 6.07) is 1.09. The number of rotatable bonds is 2. The first-order chi connectivity index (χ1) is 6.65. The molecule has 0 aromatic rings. The van der Waals surface area contributed by atoms with E-state index in [9.17, 15) is 0 Å². The van der Waals surface area contributed by atoms with E-state index >= 15 is 0 Å². The molecule has 1 aliphatic heterocycles. The van der Waals surface area contributed by atoms with Crippen molar-refractivity contribution in [2.45, 2.75) is 52.1 Å². The molecule has 1 heterocycles. The Morgan fingerprint density at radius 1 is 1.43 bits per heavy atom. The Labute approximate surface area is 86.5 Å². The Balaban J connectivity index is 2.51. The molecule has 4 nitrogen and oxygen atoms in total. The lowest BCUT2D eigenvalue weighted by Crippen LogP contribution is -2.56. The third kappa shape index (κ3) is 2.87. The summed E-state index contributed by atoms with van der Waals surface area (Å²) >= 11 is 0. The second-order valence-corrected chi connectivity index (χ2v) is 4.01. The van der Waals surface area contributed by atoms with Crippen molar-refractivity contribution in [3.63, 3.8) is 0 Å². The first-order valence-electron chi connectivity index (χ1n) is 5.50. The van der Waals surface area contributed by atoms with Crippen LogP contribution in [0.1, 0.15) is 40.0 Å². The summed E-state index contributed by atoms with van der Waals surface area (Å²) in [6.45, 7) is 7.16. The van der Waals surface area contributed by atoms with Crippen LogP contribution in [0.25, 0.3) is 0 Å². The summed E-state index contributed by atoms with van der Waals surface area (Å²) in [6.07, 6.45) is 3.78. The second-order valence-electron chi connectivity index (χ2n) is 4.01. The lowest BCUT2D eigenvalue weighted by molar-refractivity contribution is 0.0734. The van der Waals surface area contributed by atoms with Crippen molar-refractivity contribution in [3.8, 4) is 0 Å². The minimum absolute atomic E-state index is 0.535. The zero-order valence-electron chi connectivity index (χ0n) is 9.45. The highest BCUT2D eigenvalue weighted by Crippen LogP contribution is 2.19. The molecule has 0 radical (unpaired) electrons. The predicted molar refractivity (Wildman–Crippen MR) is 59.9 cm³/mol. The molecule has 0 aromatic carbocycles. The normalized spacial score (nSPS) is 30.4. The highest BCUT2D eigenvalue weighted by atomic mass is 15.6. The molecule has 2 unspecified atom stereocenters. The van der Waals surface area contributed by atoms with Gasteiger partial charge in [0, 0.05) is 18.6 Å². The number of guanidine groups is 1. The fourth-order valence-corrected chi connectivity index (χ4v) is 1.98. The highest BCUT2D eigenvalue weighted by Gasteiger charge is 2.24. The van der Waals surface area contributed by atoms with Gasteiger partial charge in [0.25, 0.3) is 0 Å². The molecule has 1 saturated heterocycles. The van der Waals surface area contributed by atoms with Crippen LogP contribution in [0, 0.1) is 0 Å². The van der Waals surface area contributed by atoms with Gasteiger partial charge in [0.2, 0.25) is 5.96 Å². The first-order valence-corrected chi connectivity index (χ1v) is 5.50. The molecule has 1 fully saturated rings. The number of piperidine rings is 1. The van der Waals surface area contributed by atoms with Gasteiger partial charge in [-0.1, -0.05) is 6.42 Å². The third-order valence-electron chi connectivity index (χ3n) is 2.77. The molecule has 0 spiro atoms. The van der Waals surface area contributed by atoms with Gasteiger partial charge in [-0.25, -0.2) is 5.01 Å². The minimum Gasteiger partial charge on any atom is -0.369 e. The van der Waals surface area contributed by atoms with Gasteiger partial charge in [-0.05, 0) is 33.6 Å². The van der Waals surface area contributed by atoms with Crippen molar-refractivity contribution >= 4 is 5.96 Å². The van der Waals surface area contributed by atoms with E-state index in [-0.39, 0.29) is 0 Å². The highest BCUT2D eigenvalue weighted by molar-refractivity contribution is 5.77. The number of nitrogens with one attached hydrogen (secondary N) is 1. The summed E-state index contributed by atoms with van der Waals surface area (Å²) in [4.78, 5) is 4.13. The molecular weight excluding hydrogens is 176 g/mol. The largest absolute Gasteiger partial charge is 0.369 e. The maximum absolute atomic E-state index is 5.74. The molecule has 0 aliphatic carbocycles. The van der Waals surface area contributed by atoms with Gasteiger partial charge in [-0.3, -0.25) is 10.4 Å². The van der Waals surface area contributed by atoms with Gasteiger partial charge >= 0.3 is 0 Å². The first kappa shape index (κ1) is 11.3. The summed E-state index contributed by atoms with van der Waals surface area (Å²) in [5.41, 5.74) is 8.92. The number of hydrazine groups is 1. The van der Waals surface area contributed by atoms with Crippen molar-refractivity contribution < 1.29 is 0 Å². The quantitative estimate of drug-likeness (QED) is 0.516. The van der Waals surface area contributed by atoms with Crippen LogP contribution in [-0.2, 0) is 0 Å². The van der Waals surface area contributed by atoms with E-state index in [1.807, 2.05) is 6.92 Å². The van der Waals surface area contributed by atoms with Crippen LogP contribution in [0.3, 0.4) is 0 Å². The fourth-order valence-electron chi connectivity index (χ4n) is 1.98. The third-order valence-corrected chi connectivity index (χ3v) is 2.77. The van der Waals surface area contributed by atoms with Crippen LogP contribution in [0.2, 0.25) is 0 Å². The summed E-state index contributed by atoms with van der Waals surface area (Å²) in [7, 11) is 0. The van der Waals surface area contributed by atoms with E-state index in [0.717, 1.165) is 6.54 Å². The van der Waals surface area contributed by atoms with Gasteiger partial charge in [0.1, 0.15) is 0 Å². The minimum atomic E-state index is 0.535. The molecule has 82 valence electrons. The second kappa shape index (κ2) is 5.20. The van der Waals surface area contributed by atoms with Crippen LogP contribution in [0.5, 0.6) is 0 Å². The van der Waals surface area contributed by atoms with Crippen LogP contribution >= 0.6 is 0 Å². The predicted octanol–water partition coefficient (Wildman–Crippen LogP) is 1.09. The van der Waals surface area contributed by atoms with Gasteiger partial charge < -0.3 is 5.73 Å². The van der Waals surface area contributed by atoms with E-state index in [2.05, 4.69) is 29.3 Å². The van der Waals surface area contributed by atoms with Gasteiger partial charge in [-0.2, -0.15) is 0 Å². The fraction of sp³-hybridized carbons (Fsp3) is 0.900. The summed E-state index contributed by atoms with van der Waals surface area (Å²) in [5.74, 6) is 0.535. The molecular formula is C10H22N4. The molecule has 0 amide bonds. The van der Waals surface area contributed by atoms with Crippen molar-refractivity contribution in [1.29, 1.82) is 0 Å². The Morgan fingerprint density at radius 2 is 2.00 bits per heavy atom. The Bertz CT molecular complexity index is 192. The lowest BCUT2D eigenvalue weighted by atomic mass is 10.00. The number of aliphatic imine (C=N–C) groups is 1. The molecule has 3 N–H and O–H groups in total. The van der Waals surface area contributed by atoms with Crippen molar-refractivity contribution in [2.75, 3.05) is 6.54 Å². The zero-order valence-corrected chi connectivity index (χ0v) is 9.45. The lowest BCUT2D eigenvalue weighted by Gasteiger charge is -2.38. The van der Waals surface area contributed by atoms with Crippen LogP contribution in [0.15, 0.2) is 4.99 Å². The average molecular weight is 198 g/mol. The monoisotopic (exact) mass is 198 g/mol. The number of hydrogen-bond acceptors (Lipinski definition) is 2. The molecule has 2 atom stereocenters. The van der Waals surface area contributed by atoms with E-state index in [4.69, 9.17) is 5.73 Å². The number of hydrogen-bond donors (Lipinski definition) is 2. The van der Waals surface area contributed by atoms with Gasteiger partial charge in [0.05, 0.1) is 0 Å². The smallest absolute Gasteiger partial charge is 0.203 e. The Hall–Kier alpha value is -0.770. The molecule has 0 bridgehead atoms. The van der Waals surface area contributed by atoms with Gasteiger partial charge in [-0.15, -0.1) is 0 Å². The van der Waals surface area contributed by atoms with E-state index in [1.54, 1.807) is 0 Å². The SMILES string of the molecule is CCN=C(N)NN1C(C)CCCC1C. The topological polar surface area (TPSA) is 53.6 Å². The maximum Gasteiger partial charge on any atom is 0.203 e. The van der Waals surface area contributed by atoms with E-state index in [1.165, 1.54) is 19.3 Å². The standard InChI is InChI=1S/C10H22N4/c1-4-12-10(11)13-14-8(2)6-5-7-9(14)3/h8-9H,4-7H2,1-3H3,(H3,11,12,13). The number of nitrogens with zero attached hydrogens (tertiary/aromatic N) is 2. The van der Waals surface area contributed by atoms with E-state index < -0.39 is 0 Å². The van der Waals surface area contributed by atoms with Gasteiger partial charge in [0.15, 0.2) is 0 Å². The maximum atomic E-state index is 5.74. The van der Waals surface area contributed by atoms with E-state index in [0.29, 0.717) is 18.0 Å². The molecule has 1 rings (SSSR count). The van der Waals surface area contributed by atoms with Crippen molar-refractivity contribution in [3.05, 3.63) is 0 Å². The van der Waals surface area contributed by atoms with Crippen molar-refractivity contribution in [2.24, 2.45) is 10.7 Å². The van der Waals surface area contributed by atoms with Crippen molar-refractivity contribution in [1.82, 2.24) is 10.4 Å².